The van der Waals surface area contributed by atoms with E-state index in [1.165, 1.54) is 56.7 Å². The molecule has 1 aliphatic rings. The van der Waals surface area contributed by atoms with E-state index in [-0.39, 0.29) is 38.3 Å². The Balaban J connectivity index is 0.00000484. The average Bonchev–Trinajstić information content (AvgIpc) is 3.78. The molecule has 9 nitrogen and oxygen atoms in total. The van der Waals surface area contributed by atoms with Gasteiger partial charge in [0.1, 0.15) is 22.2 Å². The Labute approximate surface area is 252 Å². The Morgan fingerprint density at radius 2 is 1.71 bits per heavy atom. The van der Waals surface area contributed by atoms with Gasteiger partial charge in [-0.15, -0.1) is 0 Å². The van der Waals surface area contributed by atoms with Gasteiger partial charge in [-0.05, 0) is 55.5 Å². The molecular formula is C28H30Cl2F2N2O7S. The molecule has 0 saturated heterocycles. The summed E-state index contributed by atoms with van der Waals surface area (Å²) in [5.74, 6) is -0.624. The fourth-order valence-electron chi connectivity index (χ4n) is 3.96. The predicted octanol–water partition coefficient (Wildman–Crippen LogP) is 5.56. The molecule has 0 aliphatic heterocycles. The van der Waals surface area contributed by atoms with Crippen LogP contribution in [0, 0.1) is 5.92 Å². The molecule has 2 aromatic carbocycles. The number of hydrogen-bond donors (Lipinski definition) is 0. The van der Waals surface area contributed by atoms with Crippen LogP contribution in [0.25, 0.3) is 0 Å². The van der Waals surface area contributed by atoms with Gasteiger partial charge in [0.25, 0.3) is 0 Å². The molecule has 3 aromatic rings. The molecule has 1 fully saturated rings. The van der Waals surface area contributed by atoms with Crippen molar-refractivity contribution < 1.29 is 46.7 Å². The Hall–Kier alpha value is -3.03. The summed E-state index contributed by atoms with van der Waals surface area (Å²) >= 11 is 12.7. The summed E-state index contributed by atoms with van der Waals surface area (Å²) in [5, 5.41) is 0.552. The van der Waals surface area contributed by atoms with Crippen molar-refractivity contribution in [3.63, 3.8) is 0 Å². The van der Waals surface area contributed by atoms with Crippen molar-refractivity contribution in [3.8, 4) is 11.5 Å². The van der Waals surface area contributed by atoms with Crippen molar-refractivity contribution in [2.24, 2.45) is 5.92 Å². The molecule has 0 unspecified atom stereocenters. The molecule has 1 aliphatic carbocycles. The van der Waals surface area contributed by atoms with Gasteiger partial charge in [-0.3, -0.25) is 4.79 Å². The third-order valence-electron chi connectivity index (χ3n) is 6.68. The number of nitrogens with one attached hydrogen (secondary N) is 1. The van der Waals surface area contributed by atoms with E-state index in [1.807, 2.05) is 0 Å². The number of alkyl halides is 2. The number of sulfonamides is 1. The van der Waals surface area contributed by atoms with Gasteiger partial charge in [0, 0.05) is 19.0 Å². The highest BCUT2D eigenvalue weighted by Gasteiger charge is 2.33. The number of aromatic nitrogens is 1. The molecule has 0 amide bonds. The Kier molecular flexibility index (Phi) is 11.5. The molecule has 228 valence electrons. The maximum Gasteiger partial charge on any atom is 0.387 e. The Bertz CT molecular complexity index is 1460. The normalized spacial score (nSPS) is 14.7. The van der Waals surface area contributed by atoms with Crippen LogP contribution >= 0.6 is 23.2 Å². The number of likely N-dealkylation sites (N-methyl/N-ethyl adjacent to an activating group) is 1. The monoisotopic (exact) mass is 646 g/mol. The summed E-state index contributed by atoms with van der Waals surface area (Å²) in [6.07, 6.45) is 3.92. The van der Waals surface area contributed by atoms with Crippen LogP contribution < -0.4 is 14.5 Å². The number of ether oxygens (including phenoxy) is 3. The molecule has 4 rings (SSSR count). The first-order chi connectivity index (χ1) is 19.5. The van der Waals surface area contributed by atoms with Crippen molar-refractivity contribution in [1.82, 2.24) is 4.31 Å². The van der Waals surface area contributed by atoms with Crippen LogP contribution in [-0.2, 0) is 26.0 Å². The van der Waals surface area contributed by atoms with Gasteiger partial charge in [-0.1, -0.05) is 47.5 Å². The third-order valence-corrected chi connectivity index (χ3v) is 9.30. The lowest BCUT2D eigenvalue weighted by atomic mass is 10.0. The minimum absolute atomic E-state index is 0. The van der Waals surface area contributed by atoms with Crippen LogP contribution in [0.1, 0.15) is 37.0 Å². The average molecular weight is 648 g/mol. The van der Waals surface area contributed by atoms with Gasteiger partial charge in [0.05, 0.1) is 11.5 Å². The van der Waals surface area contributed by atoms with Crippen molar-refractivity contribution in [2.45, 2.75) is 49.8 Å². The van der Waals surface area contributed by atoms with Gasteiger partial charge < -0.3 is 19.7 Å². The summed E-state index contributed by atoms with van der Waals surface area (Å²) in [7, 11) is -2.73. The van der Waals surface area contributed by atoms with Crippen LogP contribution in [0.5, 0.6) is 11.5 Å². The van der Waals surface area contributed by atoms with E-state index in [4.69, 9.17) is 32.7 Å². The summed E-state index contributed by atoms with van der Waals surface area (Å²) in [5.41, 5.74) is 0.836. The van der Waals surface area contributed by atoms with E-state index < -0.39 is 34.7 Å². The van der Waals surface area contributed by atoms with E-state index in [0.29, 0.717) is 23.7 Å². The maximum atomic E-state index is 13.4. The molecule has 42 heavy (non-hydrogen) atoms. The molecule has 2 atom stereocenters. The number of H-pyrrole nitrogens is 1. The van der Waals surface area contributed by atoms with Crippen molar-refractivity contribution in [3.05, 3.63) is 82.1 Å². The highest BCUT2D eigenvalue weighted by atomic mass is 35.5. The fraction of sp³-hybridized carbons (Fsp3) is 0.357. The first kappa shape index (κ1) is 33.5. The minimum Gasteiger partial charge on any atom is -0.870 e. The number of benzene rings is 2. The number of pyridine rings is 1. The molecule has 1 saturated carbocycles. The number of halogens is 4. The molecule has 0 spiro atoms. The molecule has 2 N–H and O–H groups in total. The lowest BCUT2D eigenvalue weighted by Crippen LogP contribution is -2.41. The predicted molar refractivity (Wildman–Crippen MR) is 150 cm³/mol. The second-order valence-corrected chi connectivity index (χ2v) is 12.4. The number of carbonyl (C=O) groups is 1. The summed E-state index contributed by atoms with van der Waals surface area (Å²) in [6.45, 7) is -1.35. The summed E-state index contributed by atoms with van der Waals surface area (Å²) < 4.78 is 69.6. The standard InChI is InChI=1S/C28H28Cl2F2N2O6S.H2O/c1-17(34(2)41(36,37)20-6-4-3-5-7-20)27(35)39-25(13-21-22(29)14-33-15-23(21)30)19-10-11-24(40-28(31)32)26(12-19)38-16-18-8-9-18;/h3-7,10-12,14-15,17-18,25,28H,8-9,13,16H2,1-2H3;1H2/t17-,25-;/m0./s1. The Morgan fingerprint density at radius 3 is 2.31 bits per heavy atom. The van der Waals surface area contributed by atoms with E-state index in [0.717, 1.165) is 17.1 Å². The number of esters is 1. The van der Waals surface area contributed by atoms with Crippen molar-refractivity contribution in [1.29, 1.82) is 0 Å². The van der Waals surface area contributed by atoms with Crippen LogP contribution in [0.15, 0.2) is 65.8 Å². The minimum atomic E-state index is -4.01. The first-order valence-corrected chi connectivity index (χ1v) is 15.0. The Morgan fingerprint density at radius 1 is 1.07 bits per heavy atom. The third kappa shape index (κ3) is 8.29. The lowest BCUT2D eigenvalue weighted by molar-refractivity contribution is -0.377. The second-order valence-electron chi connectivity index (χ2n) is 9.61. The zero-order valence-electron chi connectivity index (χ0n) is 22.7. The number of aromatic amines is 1. The number of hydrogen-bond acceptors (Lipinski definition) is 7. The van der Waals surface area contributed by atoms with Gasteiger partial charge in [-0.2, -0.15) is 13.1 Å². The van der Waals surface area contributed by atoms with Crippen molar-refractivity contribution in [2.75, 3.05) is 13.7 Å². The maximum absolute atomic E-state index is 13.4. The lowest BCUT2D eigenvalue weighted by Gasteiger charge is -2.26. The van der Waals surface area contributed by atoms with Crippen LogP contribution in [-0.4, -0.2) is 50.5 Å². The molecule has 1 aromatic heterocycles. The zero-order chi connectivity index (χ0) is 29.7. The largest absolute Gasteiger partial charge is 0.870 e. The fourth-order valence-corrected chi connectivity index (χ4v) is 5.83. The summed E-state index contributed by atoms with van der Waals surface area (Å²) in [6, 6.07) is 10.7. The van der Waals surface area contributed by atoms with Crippen LogP contribution in [0.4, 0.5) is 8.78 Å². The van der Waals surface area contributed by atoms with Gasteiger partial charge in [0.2, 0.25) is 10.0 Å². The van der Waals surface area contributed by atoms with E-state index in [1.54, 1.807) is 18.2 Å². The summed E-state index contributed by atoms with van der Waals surface area (Å²) in [4.78, 5) is 16.2. The highest BCUT2D eigenvalue weighted by Crippen LogP contribution is 2.38. The highest BCUT2D eigenvalue weighted by molar-refractivity contribution is 7.89. The van der Waals surface area contributed by atoms with E-state index in [9.17, 15) is 22.0 Å². The molecule has 0 radical (unpaired) electrons. The zero-order valence-corrected chi connectivity index (χ0v) is 25.0. The van der Waals surface area contributed by atoms with Gasteiger partial charge in [0.15, 0.2) is 23.9 Å². The number of carbonyl (C=O) groups excluding carboxylic acids is 1. The van der Waals surface area contributed by atoms with Gasteiger partial charge in [-0.25, -0.2) is 13.4 Å². The quantitative estimate of drug-likeness (QED) is 0.223. The molecular weight excluding hydrogens is 617 g/mol. The molecule has 14 heteroatoms. The topological polar surface area (TPSA) is 126 Å². The number of nitrogens with zero attached hydrogens (tertiary/aromatic N) is 1. The molecule has 1 heterocycles. The first-order valence-electron chi connectivity index (χ1n) is 12.8. The van der Waals surface area contributed by atoms with Gasteiger partial charge >= 0.3 is 12.6 Å². The van der Waals surface area contributed by atoms with Crippen LogP contribution in [0.2, 0.25) is 10.0 Å². The van der Waals surface area contributed by atoms with E-state index in [2.05, 4.69) is 9.72 Å². The second kappa shape index (κ2) is 14.4. The van der Waals surface area contributed by atoms with Crippen molar-refractivity contribution >= 4 is 39.2 Å². The van der Waals surface area contributed by atoms with E-state index >= 15 is 0 Å². The smallest absolute Gasteiger partial charge is 0.387 e. The SMILES string of the molecule is C[C@@H](C(=O)O[C@@H](Cc1c(Cl)c[nH+]cc1Cl)c1ccc(OC(F)F)c(OCC2CC2)c1)N(C)S(=O)(=O)c1ccccc1.[OH-]. The molecule has 0 bridgehead atoms. The number of rotatable bonds is 13. The van der Waals surface area contributed by atoms with Crippen LogP contribution in [0.3, 0.4) is 0 Å².